The molecule has 2 N–H and O–H groups in total. The number of hydrogen-bond acceptors (Lipinski definition) is 2. The van der Waals surface area contributed by atoms with Crippen LogP contribution in [0, 0.1) is 0 Å². The third-order valence-electron chi connectivity index (χ3n) is 1.11. The van der Waals surface area contributed by atoms with E-state index in [1.54, 1.807) is 0 Å². The van der Waals surface area contributed by atoms with Gasteiger partial charge in [-0.3, -0.25) is 4.79 Å². The summed E-state index contributed by atoms with van der Waals surface area (Å²) >= 11 is 21.9. The molecule has 7 heteroatoms. The van der Waals surface area contributed by atoms with E-state index < -0.39 is 27.7 Å². The van der Waals surface area contributed by atoms with Gasteiger partial charge >= 0.3 is 5.97 Å². The molecule has 0 aromatic heterocycles. The molecule has 0 aromatic carbocycles. The Morgan fingerprint density at radius 3 is 1.83 bits per heavy atom. The summed E-state index contributed by atoms with van der Waals surface area (Å²) in [7, 11) is 0. The van der Waals surface area contributed by atoms with Crippen LogP contribution in [0.1, 0.15) is 6.42 Å². The van der Waals surface area contributed by atoms with Gasteiger partial charge < -0.3 is 10.2 Å². The van der Waals surface area contributed by atoms with Crippen molar-refractivity contribution in [1.82, 2.24) is 0 Å². The van der Waals surface area contributed by atoms with E-state index >= 15 is 0 Å². The summed E-state index contributed by atoms with van der Waals surface area (Å²) in [6.45, 7) is -0.726. The molecule has 0 rings (SSSR count). The summed E-state index contributed by atoms with van der Waals surface area (Å²) in [5.74, 6) is -1.25. The Labute approximate surface area is 89.2 Å². The molecule has 0 aliphatic rings. The van der Waals surface area contributed by atoms with Gasteiger partial charge in [0.2, 0.25) is 0 Å². The maximum absolute atomic E-state index is 10.2. The number of rotatable bonds is 4. The summed E-state index contributed by atoms with van der Waals surface area (Å²) in [4.78, 5) is 10.2. The van der Waals surface area contributed by atoms with Gasteiger partial charge in [0.1, 0.15) is 0 Å². The molecule has 0 amide bonds. The van der Waals surface area contributed by atoms with Crippen molar-refractivity contribution in [2.75, 3.05) is 6.61 Å². The van der Waals surface area contributed by atoms with Gasteiger partial charge in [-0.1, -0.05) is 46.4 Å². The molecule has 3 nitrogen and oxygen atoms in total. The van der Waals surface area contributed by atoms with Gasteiger partial charge in [-0.15, -0.1) is 0 Å². The zero-order valence-electron chi connectivity index (χ0n) is 5.73. The Bertz CT molecular complexity index is 180. The van der Waals surface area contributed by atoms with Crippen LogP contribution in [0.5, 0.6) is 0 Å². The van der Waals surface area contributed by atoms with Crippen LogP contribution in [0.3, 0.4) is 0 Å². The molecule has 0 fully saturated rings. The number of carboxylic acids is 1. The average molecular weight is 256 g/mol. The minimum Gasteiger partial charge on any atom is -0.481 e. The number of carbonyl (C=O) groups is 1. The van der Waals surface area contributed by atoms with Crippen LogP contribution in [-0.4, -0.2) is 31.5 Å². The Hall–Kier alpha value is 0.590. The Morgan fingerprint density at radius 1 is 1.17 bits per heavy atom. The van der Waals surface area contributed by atoms with Crippen LogP contribution in [0.2, 0.25) is 0 Å². The van der Waals surface area contributed by atoms with Gasteiger partial charge in [0.25, 0.3) is 0 Å². The van der Waals surface area contributed by atoms with Crippen molar-refractivity contribution >= 4 is 52.4 Å². The van der Waals surface area contributed by atoms with Gasteiger partial charge in [0, 0.05) is 0 Å². The fourth-order valence-electron chi connectivity index (χ4n) is 0.435. The molecule has 0 aliphatic heterocycles. The summed E-state index contributed by atoms with van der Waals surface area (Å²) in [6, 6.07) is 0. The Kier molecular flexibility index (Phi) is 4.41. The smallest absolute Gasteiger partial charge is 0.306 e. The lowest BCUT2D eigenvalue weighted by Crippen LogP contribution is -2.41. The van der Waals surface area contributed by atoms with Crippen molar-refractivity contribution in [1.29, 1.82) is 0 Å². The second-order valence-corrected chi connectivity index (χ2v) is 5.11. The lowest BCUT2D eigenvalue weighted by molar-refractivity contribution is -0.137. The van der Waals surface area contributed by atoms with Gasteiger partial charge in [0.15, 0.2) is 8.67 Å². The van der Waals surface area contributed by atoms with E-state index in [-0.39, 0.29) is 0 Å². The van der Waals surface area contributed by atoms with E-state index in [0.717, 1.165) is 0 Å². The van der Waals surface area contributed by atoms with E-state index in [1.807, 2.05) is 0 Å². The van der Waals surface area contributed by atoms with Crippen LogP contribution in [-0.2, 0) is 4.79 Å². The van der Waals surface area contributed by atoms with Gasteiger partial charge in [-0.25, -0.2) is 0 Å². The molecule has 0 bridgehead atoms. The zero-order chi connectivity index (χ0) is 9.99. The molecule has 0 spiro atoms. The summed E-state index contributed by atoms with van der Waals surface area (Å²) in [5, 5.41) is 17.0. The third-order valence-corrected chi connectivity index (χ3v) is 3.29. The average Bonchev–Trinajstić information content (AvgIpc) is 1.84. The van der Waals surface area contributed by atoms with Crippen molar-refractivity contribution in [3.63, 3.8) is 0 Å². The van der Waals surface area contributed by atoms with Crippen LogP contribution >= 0.6 is 46.4 Å². The standard InChI is InChI=1S/C5H6Cl4O3/c6-4(7,1-3(11)12)5(8,9)2-10/h10H,1-2H2,(H,11,12). The van der Waals surface area contributed by atoms with Gasteiger partial charge in [-0.2, -0.15) is 0 Å². The van der Waals surface area contributed by atoms with Crippen LogP contribution < -0.4 is 0 Å². The zero-order valence-corrected chi connectivity index (χ0v) is 8.75. The second kappa shape index (κ2) is 4.20. The third kappa shape index (κ3) is 3.15. The van der Waals surface area contributed by atoms with Crippen molar-refractivity contribution in [2.24, 2.45) is 0 Å². The molecule has 12 heavy (non-hydrogen) atoms. The van der Waals surface area contributed by atoms with Crippen molar-refractivity contribution < 1.29 is 15.0 Å². The quantitative estimate of drug-likeness (QED) is 0.754. The maximum Gasteiger partial charge on any atom is 0.306 e. The number of aliphatic carboxylic acids is 1. The summed E-state index contributed by atoms with van der Waals surface area (Å²) in [5.41, 5.74) is 0. The van der Waals surface area contributed by atoms with Crippen LogP contribution in [0.25, 0.3) is 0 Å². The van der Waals surface area contributed by atoms with Crippen molar-refractivity contribution in [2.45, 2.75) is 15.1 Å². The lowest BCUT2D eigenvalue weighted by Gasteiger charge is -2.29. The first-order valence-electron chi connectivity index (χ1n) is 2.81. The first-order chi connectivity index (χ1) is 5.23. The van der Waals surface area contributed by atoms with E-state index in [0.29, 0.717) is 0 Å². The first-order valence-corrected chi connectivity index (χ1v) is 4.32. The number of hydrogen-bond donors (Lipinski definition) is 2. The Balaban J connectivity index is 4.48. The number of aliphatic hydroxyl groups is 1. The fourth-order valence-corrected chi connectivity index (χ4v) is 0.917. The van der Waals surface area contributed by atoms with Crippen molar-refractivity contribution in [3.05, 3.63) is 0 Å². The number of aliphatic hydroxyl groups excluding tert-OH is 1. The summed E-state index contributed by atoms with van der Waals surface area (Å²) < 4.78 is -3.79. The number of alkyl halides is 4. The minimum absolute atomic E-state index is 0.649. The Morgan fingerprint density at radius 2 is 1.58 bits per heavy atom. The highest BCUT2D eigenvalue weighted by Crippen LogP contribution is 2.44. The topological polar surface area (TPSA) is 57.5 Å². The molecule has 0 atom stereocenters. The molecule has 0 saturated heterocycles. The normalized spacial score (nSPS) is 13.1. The predicted octanol–water partition coefficient (Wildman–Crippen LogP) is 1.80. The van der Waals surface area contributed by atoms with Gasteiger partial charge in [0.05, 0.1) is 13.0 Å². The first kappa shape index (κ1) is 12.6. The van der Waals surface area contributed by atoms with Crippen LogP contribution in [0.15, 0.2) is 0 Å². The molecule has 0 aromatic rings. The second-order valence-electron chi connectivity index (χ2n) is 2.14. The molecule has 0 heterocycles. The molecule has 72 valence electrons. The monoisotopic (exact) mass is 254 g/mol. The van der Waals surface area contributed by atoms with Gasteiger partial charge in [-0.05, 0) is 0 Å². The SMILES string of the molecule is O=C(O)CC(Cl)(Cl)C(Cl)(Cl)CO. The highest BCUT2D eigenvalue weighted by Gasteiger charge is 2.48. The fraction of sp³-hybridized carbons (Fsp3) is 0.800. The van der Waals surface area contributed by atoms with E-state index in [4.69, 9.17) is 56.6 Å². The number of carboxylic acid groups (broad SMARTS) is 1. The highest BCUT2D eigenvalue weighted by atomic mass is 35.5. The maximum atomic E-state index is 10.2. The molecule has 0 radical (unpaired) electrons. The molecular weight excluding hydrogens is 250 g/mol. The minimum atomic E-state index is -1.91. The highest BCUT2D eigenvalue weighted by molar-refractivity contribution is 6.63. The van der Waals surface area contributed by atoms with E-state index in [9.17, 15) is 4.79 Å². The number of halogens is 4. The van der Waals surface area contributed by atoms with E-state index in [1.165, 1.54) is 0 Å². The lowest BCUT2D eigenvalue weighted by atomic mass is 10.2. The molecule has 0 unspecified atom stereocenters. The van der Waals surface area contributed by atoms with Crippen molar-refractivity contribution in [3.8, 4) is 0 Å². The van der Waals surface area contributed by atoms with Crippen LogP contribution in [0.4, 0.5) is 0 Å². The summed E-state index contributed by atoms with van der Waals surface area (Å²) in [6.07, 6.45) is -0.649. The molecule has 0 saturated carbocycles. The molecular formula is C5H6Cl4O3. The predicted molar refractivity (Wildman–Crippen MR) is 48.2 cm³/mol. The van der Waals surface area contributed by atoms with E-state index in [2.05, 4.69) is 0 Å². The largest absolute Gasteiger partial charge is 0.481 e. The molecule has 0 aliphatic carbocycles.